The van der Waals surface area contributed by atoms with Crippen LogP contribution in [-0.4, -0.2) is 25.9 Å². The SMILES string of the molecule is CS(=O)(=O)N/N=C/c1cccnc1. The van der Waals surface area contributed by atoms with E-state index in [1.165, 1.54) is 6.21 Å². The summed E-state index contributed by atoms with van der Waals surface area (Å²) >= 11 is 0. The number of hydrazone groups is 1. The number of aromatic nitrogens is 1. The molecule has 0 unspecified atom stereocenters. The minimum absolute atomic E-state index is 0.735. The molecule has 5 nitrogen and oxygen atoms in total. The van der Waals surface area contributed by atoms with Gasteiger partial charge in [-0.2, -0.15) is 5.10 Å². The Balaban J connectivity index is 2.61. The van der Waals surface area contributed by atoms with Crippen LogP contribution in [0.5, 0.6) is 0 Å². The minimum Gasteiger partial charge on any atom is -0.264 e. The van der Waals surface area contributed by atoms with Crippen molar-refractivity contribution in [1.82, 2.24) is 9.82 Å². The number of nitrogens with one attached hydrogen (secondary N) is 1. The molecule has 1 aromatic rings. The largest absolute Gasteiger partial charge is 0.264 e. The summed E-state index contributed by atoms with van der Waals surface area (Å²) in [5.41, 5.74) is 0.735. The molecular weight excluding hydrogens is 190 g/mol. The van der Waals surface area contributed by atoms with Crippen LogP contribution in [0.15, 0.2) is 29.6 Å². The van der Waals surface area contributed by atoms with Crippen molar-refractivity contribution in [2.24, 2.45) is 5.10 Å². The van der Waals surface area contributed by atoms with E-state index in [4.69, 9.17) is 0 Å². The average Bonchev–Trinajstić information content (AvgIpc) is 2.04. The van der Waals surface area contributed by atoms with Crippen LogP contribution in [0.1, 0.15) is 5.56 Å². The second kappa shape index (κ2) is 3.99. The maximum atomic E-state index is 10.6. The molecule has 0 amide bonds. The Bertz CT molecular complexity index is 385. The third-order valence-corrected chi connectivity index (χ3v) is 1.55. The number of rotatable bonds is 3. The predicted octanol–water partition coefficient (Wildman–Crippen LogP) is -0.0353. The summed E-state index contributed by atoms with van der Waals surface area (Å²) in [6.07, 6.45) is 5.62. The zero-order valence-corrected chi connectivity index (χ0v) is 7.82. The van der Waals surface area contributed by atoms with Crippen LogP contribution in [0, 0.1) is 0 Å². The molecule has 6 heteroatoms. The van der Waals surface area contributed by atoms with E-state index in [0.717, 1.165) is 11.8 Å². The lowest BCUT2D eigenvalue weighted by Gasteiger charge is -1.93. The predicted molar refractivity (Wildman–Crippen MR) is 49.8 cm³/mol. The molecule has 0 bridgehead atoms. The van der Waals surface area contributed by atoms with Gasteiger partial charge in [0, 0.05) is 18.0 Å². The Morgan fingerprint density at radius 2 is 2.38 bits per heavy atom. The van der Waals surface area contributed by atoms with Crippen LogP contribution >= 0.6 is 0 Å². The first-order chi connectivity index (χ1) is 6.08. The number of sulfonamides is 1. The van der Waals surface area contributed by atoms with Gasteiger partial charge >= 0.3 is 0 Å². The topological polar surface area (TPSA) is 71.4 Å². The first-order valence-corrected chi connectivity index (χ1v) is 5.37. The van der Waals surface area contributed by atoms with Crippen molar-refractivity contribution in [3.05, 3.63) is 30.1 Å². The molecule has 0 atom stereocenters. The van der Waals surface area contributed by atoms with Crippen molar-refractivity contribution in [1.29, 1.82) is 0 Å². The Morgan fingerprint density at radius 1 is 1.62 bits per heavy atom. The normalized spacial score (nSPS) is 11.8. The van der Waals surface area contributed by atoms with Gasteiger partial charge in [0.1, 0.15) is 0 Å². The molecular formula is C7H9N3O2S. The summed E-state index contributed by atoms with van der Waals surface area (Å²) in [7, 11) is -3.26. The van der Waals surface area contributed by atoms with Crippen molar-refractivity contribution in [2.75, 3.05) is 6.26 Å². The van der Waals surface area contributed by atoms with Gasteiger partial charge in [-0.15, -0.1) is 0 Å². The molecule has 0 spiro atoms. The molecule has 1 aromatic heterocycles. The summed E-state index contributed by atoms with van der Waals surface area (Å²) in [5, 5.41) is 3.51. The Morgan fingerprint density at radius 3 is 2.92 bits per heavy atom. The fraction of sp³-hybridized carbons (Fsp3) is 0.143. The first-order valence-electron chi connectivity index (χ1n) is 3.48. The number of hydrogen-bond donors (Lipinski definition) is 1. The van der Waals surface area contributed by atoms with Crippen LogP contribution in [-0.2, 0) is 10.0 Å². The third-order valence-electron chi connectivity index (χ3n) is 1.12. The molecule has 0 radical (unpaired) electrons. The zero-order chi connectivity index (χ0) is 9.73. The molecule has 0 aromatic carbocycles. The summed E-state index contributed by atoms with van der Waals surface area (Å²) in [6.45, 7) is 0. The number of pyridine rings is 1. The quantitative estimate of drug-likeness (QED) is 0.548. The highest BCUT2D eigenvalue weighted by atomic mass is 32.2. The fourth-order valence-corrected chi connectivity index (χ4v) is 0.893. The van der Waals surface area contributed by atoms with Gasteiger partial charge < -0.3 is 0 Å². The van der Waals surface area contributed by atoms with Crippen molar-refractivity contribution >= 4 is 16.2 Å². The number of hydrogen-bond acceptors (Lipinski definition) is 4. The van der Waals surface area contributed by atoms with Crippen LogP contribution in [0.25, 0.3) is 0 Å². The van der Waals surface area contributed by atoms with Gasteiger partial charge in [0.25, 0.3) is 0 Å². The van der Waals surface area contributed by atoms with E-state index in [1.54, 1.807) is 24.5 Å². The first kappa shape index (κ1) is 9.66. The lowest BCUT2D eigenvalue weighted by Crippen LogP contribution is -2.15. The molecule has 0 fully saturated rings. The van der Waals surface area contributed by atoms with Crippen molar-refractivity contribution < 1.29 is 8.42 Å². The molecule has 1 N–H and O–H groups in total. The second-order valence-corrected chi connectivity index (χ2v) is 4.13. The maximum Gasteiger partial charge on any atom is 0.244 e. The third kappa shape index (κ3) is 4.22. The molecule has 0 aliphatic carbocycles. The van der Waals surface area contributed by atoms with Gasteiger partial charge in [0.15, 0.2) is 0 Å². The molecule has 0 aliphatic heterocycles. The van der Waals surface area contributed by atoms with E-state index in [-0.39, 0.29) is 0 Å². The van der Waals surface area contributed by atoms with Crippen LogP contribution in [0.2, 0.25) is 0 Å². The van der Waals surface area contributed by atoms with Crippen molar-refractivity contribution in [3.8, 4) is 0 Å². The van der Waals surface area contributed by atoms with E-state index >= 15 is 0 Å². The zero-order valence-electron chi connectivity index (χ0n) is 7.01. The van der Waals surface area contributed by atoms with Gasteiger partial charge in [-0.05, 0) is 6.07 Å². The van der Waals surface area contributed by atoms with E-state index in [1.807, 2.05) is 4.83 Å². The van der Waals surface area contributed by atoms with Crippen LogP contribution in [0.4, 0.5) is 0 Å². The highest BCUT2D eigenvalue weighted by molar-refractivity contribution is 7.88. The lowest BCUT2D eigenvalue weighted by atomic mass is 10.3. The average molecular weight is 199 g/mol. The van der Waals surface area contributed by atoms with Gasteiger partial charge in [0.05, 0.1) is 12.5 Å². The van der Waals surface area contributed by atoms with Gasteiger partial charge in [-0.25, -0.2) is 13.2 Å². The van der Waals surface area contributed by atoms with E-state index < -0.39 is 10.0 Å². The molecule has 1 heterocycles. The van der Waals surface area contributed by atoms with Crippen LogP contribution < -0.4 is 4.83 Å². The molecule has 0 saturated heterocycles. The van der Waals surface area contributed by atoms with E-state index in [9.17, 15) is 8.42 Å². The standard InChI is InChI=1S/C7H9N3O2S/c1-13(11,12)10-9-6-7-3-2-4-8-5-7/h2-6,10H,1H3/b9-6+. The van der Waals surface area contributed by atoms with Gasteiger partial charge in [-0.1, -0.05) is 6.07 Å². The van der Waals surface area contributed by atoms with Crippen molar-refractivity contribution in [3.63, 3.8) is 0 Å². The van der Waals surface area contributed by atoms with E-state index in [0.29, 0.717) is 0 Å². The lowest BCUT2D eigenvalue weighted by molar-refractivity contribution is 0.591. The summed E-state index contributed by atoms with van der Waals surface area (Å²) in [6, 6.07) is 3.50. The van der Waals surface area contributed by atoms with Crippen molar-refractivity contribution in [2.45, 2.75) is 0 Å². The number of nitrogens with zero attached hydrogens (tertiary/aromatic N) is 2. The fourth-order valence-electron chi connectivity index (χ4n) is 0.649. The molecule has 70 valence electrons. The van der Waals surface area contributed by atoms with Crippen LogP contribution in [0.3, 0.4) is 0 Å². The summed E-state index contributed by atoms with van der Waals surface area (Å²) in [4.78, 5) is 5.82. The molecule has 0 aliphatic rings. The minimum atomic E-state index is -3.26. The Kier molecular flexibility index (Phi) is 2.97. The Hall–Kier alpha value is -1.43. The smallest absolute Gasteiger partial charge is 0.244 e. The van der Waals surface area contributed by atoms with Gasteiger partial charge in [0.2, 0.25) is 10.0 Å². The molecule has 1 rings (SSSR count). The highest BCUT2D eigenvalue weighted by Gasteiger charge is 1.93. The maximum absolute atomic E-state index is 10.6. The monoisotopic (exact) mass is 199 g/mol. The van der Waals surface area contributed by atoms with Gasteiger partial charge in [-0.3, -0.25) is 4.98 Å². The molecule has 0 saturated carbocycles. The van der Waals surface area contributed by atoms with E-state index in [2.05, 4.69) is 10.1 Å². The summed E-state index contributed by atoms with van der Waals surface area (Å²) < 4.78 is 21.2. The molecule has 13 heavy (non-hydrogen) atoms. The Labute approximate surface area is 76.6 Å². The summed E-state index contributed by atoms with van der Waals surface area (Å²) in [5.74, 6) is 0. The second-order valence-electron chi connectivity index (χ2n) is 2.41. The highest BCUT2D eigenvalue weighted by Crippen LogP contribution is 1.89.